The van der Waals surface area contributed by atoms with Gasteiger partial charge in [-0.15, -0.1) is 0 Å². The quantitative estimate of drug-likeness (QED) is 0.490. The third kappa shape index (κ3) is 5.78. The van der Waals surface area contributed by atoms with E-state index in [1.807, 2.05) is 30.3 Å². The summed E-state index contributed by atoms with van der Waals surface area (Å²) in [6.07, 6.45) is 5.44. The summed E-state index contributed by atoms with van der Waals surface area (Å²) in [5.74, 6) is 0. The summed E-state index contributed by atoms with van der Waals surface area (Å²) in [7, 11) is 0. The molecule has 0 fully saturated rings. The number of hydrogen-bond donors (Lipinski definition) is 0. The van der Waals surface area contributed by atoms with Crippen LogP contribution in [-0.2, 0) is 16.8 Å². The molecule has 1 aliphatic carbocycles. The summed E-state index contributed by atoms with van der Waals surface area (Å²) >= 11 is 6.82. The Labute approximate surface area is 107 Å². The molecular formula is C10H10Br2Co. The maximum atomic E-state index is 3.46. The van der Waals surface area contributed by atoms with Crippen molar-refractivity contribution in [2.75, 3.05) is 0 Å². The molecular weight excluding hydrogens is 339 g/mol. The Morgan fingerprint density at radius 2 is 2.00 bits per heavy atom. The molecule has 0 nitrogen and oxygen atoms in total. The normalized spacial score (nSPS) is 19.5. The zero-order chi connectivity index (χ0) is 8.81. The summed E-state index contributed by atoms with van der Waals surface area (Å²) in [6.45, 7) is 0. The fraction of sp³-hybridized carbons (Fsp3) is 0.300. The van der Waals surface area contributed by atoms with Gasteiger partial charge in [-0.3, -0.25) is 0 Å². The van der Waals surface area contributed by atoms with E-state index in [1.165, 1.54) is 10.9 Å². The molecule has 0 heterocycles. The van der Waals surface area contributed by atoms with Crippen LogP contribution in [0.4, 0.5) is 0 Å². The minimum Gasteiger partial charge on any atom is -0.485 e. The van der Waals surface area contributed by atoms with E-state index >= 15 is 0 Å². The molecule has 0 saturated carbocycles. The van der Waals surface area contributed by atoms with E-state index in [9.17, 15) is 0 Å². The Morgan fingerprint density at radius 1 is 1.38 bits per heavy atom. The molecule has 1 radical (unpaired) electrons. The van der Waals surface area contributed by atoms with Gasteiger partial charge in [0.25, 0.3) is 0 Å². The fourth-order valence-corrected chi connectivity index (χ4v) is 1.69. The molecule has 13 heavy (non-hydrogen) atoms. The SMILES string of the molecule is BrC1=[C-]CCC1Br.[Co+2].c1cc[cH-]c1. The molecule has 0 N–H and O–H groups in total. The molecule has 1 atom stereocenters. The Balaban J connectivity index is 0.000000215. The van der Waals surface area contributed by atoms with Crippen molar-refractivity contribution in [1.82, 2.24) is 0 Å². The van der Waals surface area contributed by atoms with Gasteiger partial charge >= 0.3 is 16.8 Å². The standard InChI is InChI=1S/C5H5Br2.C5H5.Co/c6-4-2-1-3-5(4)7;1-2-4-5-3-1;/h4H,1-2H2;1-5H;/q2*-1;+2. The van der Waals surface area contributed by atoms with Crippen LogP contribution in [0.3, 0.4) is 0 Å². The molecule has 73 valence electrons. The van der Waals surface area contributed by atoms with Gasteiger partial charge in [-0.2, -0.15) is 29.1 Å². The number of alkyl halides is 1. The first-order valence-electron chi connectivity index (χ1n) is 3.87. The zero-order valence-corrected chi connectivity index (χ0v) is 11.2. The van der Waals surface area contributed by atoms with Crippen molar-refractivity contribution in [3.63, 3.8) is 0 Å². The summed E-state index contributed by atoms with van der Waals surface area (Å²) in [4.78, 5) is 0.549. The Morgan fingerprint density at radius 3 is 2.15 bits per heavy atom. The summed E-state index contributed by atoms with van der Waals surface area (Å²) in [5.41, 5.74) is 0. The smallest absolute Gasteiger partial charge is 0.485 e. The largest absolute Gasteiger partial charge is 2.00 e. The van der Waals surface area contributed by atoms with Crippen LogP contribution in [0.1, 0.15) is 12.8 Å². The summed E-state index contributed by atoms with van der Waals surface area (Å²) < 4.78 is 1.19. The summed E-state index contributed by atoms with van der Waals surface area (Å²) in [5, 5.41) is 0. The van der Waals surface area contributed by atoms with Crippen molar-refractivity contribution in [1.29, 1.82) is 0 Å². The van der Waals surface area contributed by atoms with E-state index in [0.29, 0.717) is 4.83 Å². The average molecular weight is 349 g/mol. The molecule has 1 aromatic carbocycles. The molecule has 1 aliphatic rings. The first kappa shape index (κ1) is 13.6. The van der Waals surface area contributed by atoms with Crippen LogP contribution < -0.4 is 0 Å². The maximum absolute atomic E-state index is 3.46. The van der Waals surface area contributed by atoms with Crippen LogP contribution in [0.2, 0.25) is 0 Å². The minimum atomic E-state index is 0. The Bertz CT molecular complexity index is 212. The van der Waals surface area contributed by atoms with Gasteiger partial charge in [0.2, 0.25) is 0 Å². The van der Waals surface area contributed by atoms with E-state index in [0.717, 1.165) is 6.42 Å². The van der Waals surface area contributed by atoms with Gasteiger partial charge in [0.05, 0.1) is 0 Å². The van der Waals surface area contributed by atoms with Gasteiger partial charge in [-0.05, 0) is 0 Å². The molecule has 0 spiro atoms. The molecule has 3 heteroatoms. The van der Waals surface area contributed by atoms with Crippen molar-refractivity contribution in [2.24, 2.45) is 0 Å². The molecule has 1 unspecified atom stereocenters. The first-order valence-corrected chi connectivity index (χ1v) is 5.58. The second-order valence-corrected chi connectivity index (χ2v) is 4.45. The second-order valence-electron chi connectivity index (χ2n) is 2.49. The fourth-order valence-electron chi connectivity index (χ4n) is 0.877. The van der Waals surface area contributed by atoms with Gasteiger partial charge in [-0.1, -0.05) is 38.3 Å². The zero-order valence-electron chi connectivity index (χ0n) is 6.97. The molecule has 0 saturated heterocycles. The van der Waals surface area contributed by atoms with Crippen LogP contribution in [0.15, 0.2) is 34.8 Å². The Hall–Kier alpha value is 0.556. The second kappa shape index (κ2) is 7.91. The number of halogens is 2. The van der Waals surface area contributed by atoms with Gasteiger partial charge in [0.1, 0.15) is 0 Å². The minimum absolute atomic E-state index is 0. The molecule has 1 aromatic rings. The molecule has 0 aliphatic heterocycles. The van der Waals surface area contributed by atoms with Gasteiger partial charge in [-0.25, -0.2) is 12.1 Å². The number of allylic oxidation sites excluding steroid dienone is 2. The monoisotopic (exact) mass is 347 g/mol. The van der Waals surface area contributed by atoms with E-state index in [4.69, 9.17) is 0 Å². The van der Waals surface area contributed by atoms with Gasteiger partial charge < -0.3 is 6.08 Å². The van der Waals surface area contributed by atoms with Crippen molar-refractivity contribution < 1.29 is 16.8 Å². The van der Waals surface area contributed by atoms with Gasteiger partial charge in [0, 0.05) is 4.83 Å². The van der Waals surface area contributed by atoms with E-state index in [2.05, 4.69) is 37.9 Å². The van der Waals surface area contributed by atoms with Crippen LogP contribution in [0, 0.1) is 6.08 Å². The molecule has 0 amide bonds. The molecule has 0 bridgehead atoms. The summed E-state index contributed by atoms with van der Waals surface area (Å²) in [6, 6.07) is 10.0. The topological polar surface area (TPSA) is 0 Å². The van der Waals surface area contributed by atoms with Crippen molar-refractivity contribution in [3.8, 4) is 0 Å². The number of hydrogen-bond acceptors (Lipinski definition) is 0. The van der Waals surface area contributed by atoms with Crippen molar-refractivity contribution >= 4 is 31.9 Å². The van der Waals surface area contributed by atoms with Crippen LogP contribution >= 0.6 is 31.9 Å². The van der Waals surface area contributed by atoms with Gasteiger partial charge in [0.15, 0.2) is 0 Å². The molecule has 0 aromatic heterocycles. The van der Waals surface area contributed by atoms with Crippen LogP contribution in [-0.4, -0.2) is 4.83 Å². The third-order valence-electron chi connectivity index (χ3n) is 1.52. The van der Waals surface area contributed by atoms with Crippen molar-refractivity contribution in [2.45, 2.75) is 17.7 Å². The number of rotatable bonds is 0. The predicted octanol–water partition coefficient (Wildman–Crippen LogP) is 4.03. The first-order chi connectivity index (χ1) is 5.80. The van der Waals surface area contributed by atoms with E-state index in [-0.39, 0.29) is 16.8 Å². The van der Waals surface area contributed by atoms with Crippen LogP contribution in [0.5, 0.6) is 0 Å². The third-order valence-corrected chi connectivity index (χ3v) is 3.89. The molecule has 2 rings (SSSR count). The predicted molar refractivity (Wildman–Crippen MR) is 59.7 cm³/mol. The average Bonchev–Trinajstić information content (AvgIpc) is 2.67. The Kier molecular flexibility index (Phi) is 8.25. The van der Waals surface area contributed by atoms with Crippen molar-refractivity contribution in [3.05, 3.63) is 40.9 Å². The van der Waals surface area contributed by atoms with E-state index in [1.54, 1.807) is 0 Å². The maximum Gasteiger partial charge on any atom is 2.00 e. The van der Waals surface area contributed by atoms with E-state index < -0.39 is 0 Å². The van der Waals surface area contributed by atoms with Crippen LogP contribution in [0.25, 0.3) is 0 Å².